The first-order valence-corrected chi connectivity index (χ1v) is 7.12. The summed E-state index contributed by atoms with van der Waals surface area (Å²) in [6.07, 6.45) is 6.23. The lowest BCUT2D eigenvalue weighted by Crippen LogP contribution is -2.33. The number of furan rings is 1. The van der Waals surface area contributed by atoms with Crippen LogP contribution in [0.4, 0.5) is 5.69 Å². The van der Waals surface area contributed by atoms with E-state index in [1.165, 1.54) is 5.56 Å². The summed E-state index contributed by atoms with van der Waals surface area (Å²) < 4.78 is 6.06. The van der Waals surface area contributed by atoms with E-state index in [2.05, 4.69) is 66.3 Å². The van der Waals surface area contributed by atoms with Crippen LogP contribution in [-0.4, -0.2) is 23.1 Å². The topological polar surface area (TPSA) is 32.5 Å². The number of rotatable bonds is 1. The van der Waals surface area contributed by atoms with Crippen LogP contribution in [0.2, 0.25) is 0 Å². The molecule has 1 atom stereocenters. The fourth-order valence-electron chi connectivity index (χ4n) is 2.96. The van der Waals surface area contributed by atoms with Crippen molar-refractivity contribution < 1.29 is 4.42 Å². The molecular weight excluding hydrogens is 262 g/mol. The molecule has 0 spiro atoms. The van der Waals surface area contributed by atoms with E-state index in [1.54, 1.807) is 6.20 Å². The van der Waals surface area contributed by atoms with Crippen LogP contribution in [0, 0.1) is 6.92 Å². The van der Waals surface area contributed by atoms with Crippen molar-refractivity contribution in [3.05, 3.63) is 48.4 Å². The van der Waals surface area contributed by atoms with Crippen LogP contribution < -0.4 is 4.90 Å². The van der Waals surface area contributed by atoms with Gasteiger partial charge in [-0.2, -0.15) is 0 Å². The Labute approximate surface area is 123 Å². The van der Waals surface area contributed by atoms with Crippen molar-refractivity contribution >= 4 is 27.8 Å². The van der Waals surface area contributed by atoms with Gasteiger partial charge in [-0.1, -0.05) is 12.1 Å². The molecule has 21 heavy (non-hydrogen) atoms. The monoisotopic (exact) mass is 279 g/mol. The molecule has 0 amide bonds. The molecule has 4 rings (SSSR count). The molecule has 0 radical (unpaired) electrons. The standard InChI is InChI=1S/C17H17N3O/c1-11-6-7-13-14-5-4-8-18-17(14)21-16(13)15(11)20-10-9-19(3)12(20)2/h4-10,12H,1-3H3/t12-/m0/s1. The van der Waals surface area contributed by atoms with Gasteiger partial charge < -0.3 is 14.2 Å². The molecule has 1 aliphatic rings. The maximum absolute atomic E-state index is 6.06. The van der Waals surface area contributed by atoms with Crippen molar-refractivity contribution in [2.75, 3.05) is 11.9 Å². The van der Waals surface area contributed by atoms with Gasteiger partial charge >= 0.3 is 0 Å². The van der Waals surface area contributed by atoms with Crippen LogP contribution in [-0.2, 0) is 0 Å². The molecule has 0 unspecified atom stereocenters. The van der Waals surface area contributed by atoms with Gasteiger partial charge in [0.25, 0.3) is 0 Å². The second-order valence-corrected chi connectivity index (χ2v) is 5.57. The normalized spacial score (nSPS) is 18.3. The highest BCUT2D eigenvalue weighted by atomic mass is 16.3. The predicted octanol–water partition coefficient (Wildman–Crippen LogP) is 3.86. The van der Waals surface area contributed by atoms with Gasteiger partial charge in [0, 0.05) is 36.4 Å². The van der Waals surface area contributed by atoms with Gasteiger partial charge in [0.1, 0.15) is 6.17 Å². The lowest BCUT2D eigenvalue weighted by molar-refractivity contribution is 0.383. The average Bonchev–Trinajstić information content (AvgIpc) is 3.01. The first-order valence-electron chi connectivity index (χ1n) is 7.12. The van der Waals surface area contributed by atoms with Crippen LogP contribution in [0.5, 0.6) is 0 Å². The zero-order chi connectivity index (χ0) is 14.6. The Kier molecular flexibility index (Phi) is 2.48. The van der Waals surface area contributed by atoms with Crippen molar-refractivity contribution in [1.29, 1.82) is 0 Å². The minimum atomic E-state index is 0.274. The zero-order valence-corrected chi connectivity index (χ0v) is 12.4. The number of hydrogen-bond acceptors (Lipinski definition) is 4. The smallest absolute Gasteiger partial charge is 0.227 e. The summed E-state index contributed by atoms with van der Waals surface area (Å²) >= 11 is 0. The highest BCUT2D eigenvalue weighted by Crippen LogP contribution is 2.38. The molecule has 0 N–H and O–H groups in total. The second-order valence-electron chi connectivity index (χ2n) is 5.57. The van der Waals surface area contributed by atoms with E-state index in [0.29, 0.717) is 5.71 Å². The molecule has 0 saturated carbocycles. The minimum absolute atomic E-state index is 0.274. The van der Waals surface area contributed by atoms with Gasteiger partial charge in [-0.15, -0.1) is 0 Å². The van der Waals surface area contributed by atoms with Crippen molar-refractivity contribution in [3.63, 3.8) is 0 Å². The van der Waals surface area contributed by atoms with Gasteiger partial charge in [-0.3, -0.25) is 0 Å². The third-order valence-electron chi connectivity index (χ3n) is 4.31. The Morgan fingerprint density at radius 1 is 1.14 bits per heavy atom. The van der Waals surface area contributed by atoms with E-state index in [1.807, 2.05) is 6.07 Å². The van der Waals surface area contributed by atoms with Crippen LogP contribution in [0.25, 0.3) is 22.1 Å². The molecule has 1 aromatic carbocycles. The first-order chi connectivity index (χ1) is 10.2. The molecule has 0 fully saturated rings. The highest BCUT2D eigenvalue weighted by molar-refractivity contribution is 6.08. The SMILES string of the molecule is Cc1ccc2c(oc3ncccc32)c1N1C=CN(C)[C@@H]1C. The molecule has 0 saturated heterocycles. The maximum atomic E-state index is 6.06. The Balaban J connectivity index is 2.04. The fraction of sp³-hybridized carbons (Fsp3) is 0.235. The number of pyridine rings is 1. The van der Waals surface area contributed by atoms with E-state index >= 15 is 0 Å². The summed E-state index contributed by atoms with van der Waals surface area (Å²) in [5.74, 6) is 0. The summed E-state index contributed by atoms with van der Waals surface area (Å²) in [6, 6.07) is 8.28. The lowest BCUT2D eigenvalue weighted by atomic mass is 10.1. The van der Waals surface area contributed by atoms with Crippen molar-refractivity contribution in [3.8, 4) is 0 Å². The number of anilines is 1. The number of aryl methyl sites for hydroxylation is 1. The molecule has 2 aromatic heterocycles. The molecule has 3 aromatic rings. The molecule has 1 aliphatic heterocycles. The van der Waals surface area contributed by atoms with Gasteiger partial charge in [-0.05, 0) is 31.5 Å². The van der Waals surface area contributed by atoms with E-state index in [-0.39, 0.29) is 6.17 Å². The predicted molar refractivity (Wildman–Crippen MR) is 85.1 cm³/mol. The van der Waals surface area contributed by atoms with Gasteiger partial charge in [0.2, 0.25) is 5.71 Å². The Bertz CT molecular complexity index is 865. The van der Waals surface area contributed by atoms with Crippen molar-refractivity contribution in [1.82, 2.24) is 9.88 Å². The van der Waals surface area contributed by atoms with Gasteiger partial charge in [0.15, 0.2) is 5.58 Å². The van der Waals surface area contributed by atoms with Crippen LogP contribution in [0.1, 0.15) is 12.5 Å². The molecule has 4 heteroatoms. The largest absolute Gasteiger partial charge is 0.435 e. The third-order valence-corrected chi connectivity index (χ3v) is 4.31. The summed E-state index contributed by atoms with van der Waals surface area (Å²) in [5, 5.41) is 2.19. The van der Waals surface area contributed by atoms with E-state index in [0.717, 1.165) is 22.0 Å². The fourth-order valence-corrected chi connectivity index (χ4v) is 2.96. The first kappa shape index (κ1) is 12.3. The van der Waals surface area contributed by atoms with Crippen molar-refractivity contribution in [2.45, 2.75) is 20.0 Å². The zero-order valence-electron chi connectivity index (χ0n) is 12.4. The van der Waals surface area contributed by atoms with Crippen molar-refractivity contribution in [2.24, 2.45) is 0 Å². The summed E-state index contributed by atoms with van der Waals surface area (Å²) in [6.45, 7) is 4.30. The number of aromatic nitrogens is 1. The number of benzene rings is 1. The molecule has 3 heterocycles. The number of fused-ring (bicyclic) bond motifs is 3. The molecule has 106 valence electrons. The molecule has 0 bridgehead atoms. The summed E-state index contributed by atoms with van der Waals surface area (Å²) in [5.41, 5.74) is 3.94. The maximum Gasteiger partial charge on any atom is 0.227 e. The quantitative estimate of drug-likeness (QED) is 0.677. The van der Waals surface area contributed by atoms with Crippen LogP contribution >= 0.6 is 0 Å². The summed E-state index contributed by atoms with van der Waals surface area (Å²) in [7, 11) is 2.08. The number of hydrogen-bond donors (Lipinski definition) is 0. The number of nitrogens with zero attached hydrogens (tertiary/aromatic N) is 3. The molecular formula is C17H17N3O. The molecule has 4 nitrogen and oxygen atoms in total. The highest BCUT2D eigenvalue weighted by Gasteiger charge is 2.25. The van der Waals surface area contributed by atoms with Crippen LogP contribution in [0.15, 0.2) is 47.3 Å². The average molecular weight is 279 g/mol. The van der Waals surface area contributed by atoms with Gasteiger partial charge in [-0.25, -0.2) is 4.98 Å². The van der Waals surface area contributed by atoms with E-state index < -0.39 is 0 Å². The summed E-state index contributed by atoms with van der Waals surface area (Å²) in [4.78, 5) is 8.77. The Morgan fingerprint density at radius 3 is 2.76 bits per heavy atom. The van der Waals surface area contributed by atoms with E-state index in [9.17, 15) is 0 Å². The lowest BCUT2D eigenvalue weighted by Gasteiger charge is -2.28. The Morgan fingerprint density at radius 2 is 2.00 bits per heavy atom. The van der Waals surface area contributed by atoms with Crippen LogP contribution in [0.3, 0.4) is 0 Å². The van der Waals surface area contributed by atoms with Gasteiger partial charge in [0.05, 0.1) is 5.69 Å². The van der Waals surface area contributed by atoms with E-state index in [4.69, 9.17) is 4.42 Å². The Hall–Kier alpha value is -2.49. The minimum Gasteiger partial charge on any atom is -0.435 e. The third kappa shape index (κ3) is 1.65. The molecule has 0 aliphatic carbocycles. The second kappa shape index (κ2) is 4.25.